The molecule has 0 fully saturated rings. The van der Waals surface area contributed by atoms with Crippen molar-refractivity contribution in [1.82, 2.24) is 15.6 Å². The highest BCUT2D eigenvalue weighted by Crippen LogP contribution is 2.04. The summed E-state index contributed by atoms with van der Waals surface area (Å²) in [4.78, 5) is 8.53. The molecular weight excluding hydrogens is 252 g/mol. The van der Waals surface area contributed by atoms with E-state index < -0.39 is 0 Å². The van der Waals surface area contributed by atoms with E-state index >= 15 is 0 Å². The Balaban J connectivity index is 2.24. The van der Waals surface area contributed by atoms with Gasteiger partial charge in [0.1, 0.15) is 12.4 Å². The average Bonchev–Trinajstić information content (AvgIpc) is 2.44. The third-order valence-electron chi connectivity index (χ3n) is 2.62. The molecule has 0 bridgehead atoms. The zero-order chi connectivity index (χ0) is 14.6. The number of hydrogen-bond donors (Lipinski definition) is 2. The summed E-state index contributed by atoms with van der Waals surface area (Å²) in [7, 11) is 0. The van der Waals surface area contributed by atoms with E-state index in [2.05, 4.69) is 41.4 Å². The van der Waals surface area contributed by atoms with Crippen LogP contribution in [0.25, 0.3) is 0 Å². The van der Waals surface area contributed by atoms with E-state index in [-0.39, 0.29) is 0 Å². The third-order valence-corrected chi connectivity index (χ3v) is 2.62. The van der Waals surface area contributed by atoms with Gasteiger partial charge in [-0.05, 0) is 31.4 Å². The van der Waals surface area contributed by atoms with Gasteiger partial charge >= 0.3 is 0 Å². The van der Waals surface area contributed by atoms with E-state index in [1.807, 2.05) is 12.1 Å². The Hall–Kier alpha value is -1.78. The molecule has 1 aromatic rings. The van der Waals surface area contributed by atoms with Crippen molar-refractivity contribution >= 4 is 5.96 Å². The number of rotatable bonds is 8. The Morgan fingerprint density at radius 3 is 2.90 bits per heavy atom. The van der Waals surface area contributed by atoms with Crippen molar-refractivity contribution in [2.24, 2.45) is 10.9 Å². The number of aromatic nitrogens is 1. The Kier molecular flexibility index (Phi) is 8.19. The van der Waals surface area contributed by atoms with Crippen molar-refractivity contribution in [2.75, 3.05) is 26.2 Å². The van der Waals surface area contributed by atoms with Crippen molar-refractivity contribution in [3.8, 4) is 5.75 Å². The van der Waals surface area contributed by atoms with Crippen molar-refractivity contribution in [3.05, 3.63) is 24.5 Å². The van der Waals surface area contributed by atoms with Crippen LogP contribution in [-0.4, -0.2) is 37.2 Å². The van der Waals surface area contributed by atoms with E-state index in [0.29, 0.717) is 19.1 Å². The molecule has 1 rings (SSSR count). The zero-order valence-corrected chi connectivity index (χ0v) is 12.7. The number of nitrogens with zero attached hydrogens (tertiary/aromatic N) is 2. The van der Waals surface area contributed by atoms with Gasteiger partial charge in [0.25, 0.3) is 0 Å². The van der Waals surface area contributed by atoms with Gasteiger partial charge in [-0.3, -0.25) is 9.98 Å². The summed E-state index contributed by atoms with van der Waals surface area (Å²) in [6.07, 6.45) is 4.54. The first kappa shape index (κ1) is 16.3. The molecule has 1 aromatic heterocycles. The second kappa shape index (κ2) is 10.1. The smallest absolute Gasteiger partial charge is 0.191 e. The summed E-state index contributed by atoms with van der Waals surface area (Å²) in [6.45, 7) is 9.47. The van der Waals surface area contributed by atoms with Crippen LogP contribution in [0.1, 0.15) is 27.2 Å². The molecule has 0 saturated heterocycles. The number of nitrogens with one attached hydrogen (secondary N) is 2. The van der Waals surface area contributed by atoms with Crippen LogP contribution in [0.15, 0.2) is 29.5 Å². The molecule has 2 N–H and O–H groups in total. The van der Waals surface area contributed by atoms with Gasteiger partial charge in [-0.2, -0.15) is 0 Å². The molecule has 0 atom stereocenters. The second-order valence-corrected chi connectivity index (χ2v) is 4.91. The summed E-state index contributed by atoms with van der Waals surface area (Å²) < 4.78 is 5.57. The van der Waals surface area contributed by atoms with Crippen LogP contribution < -0.4 is 15.4 Å². The molecule has 20 heavy (non-hydrogen) atoms. The number of pyridine rings is 1. The van der Waals surface area contributed by atoms with E-state index in [1.54, 1.807) is 12.4 Å². The van der Waals surface area contributed by atoms with E-state index in [1.165, 1.54) is 0 Å². The van der Waals surface area contributed by atoms with Crippen molar-refractivity contribution in [1.29, 1.82) is 0 Å². The third kappa shape index (κ3) is 7.61. The SMILES string of the molecule is CCNC(=NCCC(C)C)NCCOc1cccnc1. The summed E-state index contributed by atoms with van der Waals surface area (Å²) in [5.74, 6) is 2.31. The minimum absolute atomic E-state index is 0.584. The molecule has 0 aromatic carbocycles. The number of ether oxygens (including phenoxy) is 1. The molecule has 0 aliphatic heterocycles. The second-order valence-electron chi connectivity index (χ2n) is 4.91. The van der Waals surface area contributed by atoms with Crippen LogP contribution in [0.4, 0.5) is 0 Å². The number of aliphatic imine (C=N–C) groups is 1. The van der Waals surface area contributed by atoms with E-state index in [4.69, 9.17) is 4.74 Å². The fraction of sp³-hybridized carbons (Fsp3) is 0.600. The normalized spacial score (nSPS) is 11.5. The lowest BCUT2D eigenvalue weighted by Gasteiger charge is -2.12. The maximum Gasteiger partial charge on any atom is 0.191 e. The van der Waals surface area contributed by atoms with Crippen molar-refractivity contribution in [3.63, 3.8) is 0 Å². The Morgan fingerprint density at radius 1 is 1.40 bits per heavy atom. The highest BCUT2D eigenvalue weighted by molar-refractivity contribution is 5.79. The maximum atomic E-state index is 5.57. The van der Waals surface area contributed by atoms with Gasteiger partial charge in [0.05, 0.1) is 12.7 Å². The molecular formula is C15H26N4O. The highest BCUT2D eigenvalue weighted by atomic mass is 16.5. The van der Waals surface area contributed by atoms with Gasteiger partial charge in [-0.15, -0.1) is 0 Å². The highest BCUT2D eigenvalue weighted by Gasteiger charge is 1.98. The lowest BCUT2D eigenvalue weighted by molar-refractivity contribution is 0.320. The first-order valence-electron chi connectivity index (χ1n) is 7.27. The zero-order valence-electron chi connectivity index (χ0n) is 12.7. The quantitative estimate of drug-likeness (QED) is 0.434. The molecule has 0 spiro atoms. The van der Waals surface area contributed by atoms with Gasteiger partial charge in [0, 0.05) is 19.3 Å². The minimum Gasteiger partial charge on any atom is -0.490 e. The monoisotopic (exact) mass is 278 g/mol. The van der Waals surface area contributed by atoms with Crippen LogP contribution >= 0.6 is 0 Å². The maximum absolute atomic E-state index is 5.57. The molecule has 0 unspecified atom stereocenters. The predicted molar refractivity (Wildman–Crippen MR) is 83.2 cm³/mol. The standard InChI is InChI=1S/C15H26N4O/c1-4-17-15(18-9-7-13(2)3)19-10-11-20-14-6-5-8-16-12-14/h5-6,8,12-13H,4,7,9-11H2,1-3H3,(H2,17,18,19). The fourth-order valence-corrected chi connectivity index (χ4v) is 1.55. The van der Waals surface area contributed by atoms with E-state index in [9.17, 15) is 0 Å². The predicted octanol–water partition coefficient (Wildman–Crippen LogP) is 2.06. The average molecular weight is 278 g/mol. The van der Waals surface area contributed by atoms with Gasteiger partial charge < -0.3 is 15.4 Å². The Morgan fingerprint density at radius 2 is 2.25 bits per heavy atom. The van der Waals surface area contributed by atoms with Crippen LogP contribution in [0.3, 0.4) is 0 Å². The summed E-state index contributed by atoms with van der Waals surface area (Å²) in [5.41, 5.74) is 0. The number of guanidine groups is 1. The lowest BCUT2D eigenvalue weighted by atomic mass is 10.1. The topological polar surface area (TPSA) is 58.5 Å². The molecule has 0 aliphatic rings. The van der Waals surface area contributed by atoms with Crippen LogP contribution in [0.2, 0.25) is 0 Å². The van der Waals surface area contributed by atoms with E-state index in [0.717, 1.165) is 31.2 Å². The summed E-state index contributed by atoms with van der Waals surface area (Å²) in [5, 5.41) is 6.48. The van der Waals surface area contributed by atoms with Crippen LogP contribution in [0, 0.1) is 5.92 Å². The molecule has 5 heteroatoms. The minimum atomic E-state index is 0.584. The lowest BCUT2D eigenvalue weighted by Crippen LogP contribution is -2.39. The molecule has 112 valence electrons. The molecule has 0 radical (unpaired) electrons. The largest absolute Gasteiger partial charge is 0.490 e. The Bertz CT molecular complexity index is 379. The molecule has 5 nitrogen and oxygen atoms in total. The summed E-state index contributed by atoms with van der Waals surface area (Å²) >= 11 is 0. The van der Waals surface area contributed by atoms with Gasteiger partial charge in [-0.1, -0.05) is 13.8 Å². The summed E-state index contributed by atoms with van der Waals surface area (Å²) in [6, 6.07) is 3.76. The fourth-order valence-electron chi connectivity index (χ4n) is 1.55. The molecule has 0 saturated carbocycles. The first-order chi connectivity index (χ1) is 9.72. The number of hydrogen-bond acceptors (Lipinski definition) is 3. The van der Waals surface area contributed by atoms with Gasteiger partial charge in [0.15, 0.2) is 5.96 Å². The molecule has 0 aliphatic carbocycles. The van der Waals surface area contributed by atoms with Crippen LogP contribution in [-0.2, 0) is 0 Å². The van der Waals surface area contributed by atoms with Gasteiger partial charge in [0.2, 0.25) is 0 Å². The first-order valence-corrected chi connectivity index (χ1v) is 7.27. The van der Waals surface area contributed by atoms with Crippen molar-refractivity contribution in [2.45, 2.75) is 27.2 Å². The Labute approximate surface area is 121 Å². The van der Waals surface area contributed by atoms with Crippen molar-refractivity contribution < 1.29 is 4.74 Å². The van der Waals surface area contributed by atoms with Crippen LogP contribution in [0.5, 0.6) is 5.75 Å². The molecule has 1 heterocycles. The van der Waals surface area contributed by atoms with Gasteiger partial charge in [-0.25, -0.2) is 0 Å². The molecule has 0 amide bonds.